The van der Waals surface area contributed by atoms with Crippen molar-refractivity contribution < 1.29 is 9.53 Å². The number of nitrogens with zero attached hydrogens (tertiary/aromatic N) is 3. The van der Waals surface area contributed by atoms with Gasteiger partial charge in [-0.2, -0.15) is 0 Å². The van der Waals surface area contributed by atoms with Crippen molar-refractivity contribution in [3.8, 4) is 0 Å². The molecule has 0 N–H and O–H groups in total. The minimum Gasteiger partial charge on any atom is -0.461 e. The monoisotopic (exact) mass is 253 g/mol. The summed E-state index contributed by atoms with van der Waals surface area (Å²) >= 11 is 0. The molecular weight excluding hydrogens is 230 g/mol. The predicted octanol–water partition coefficient (Wildman–Crippen LogP) is 2.31. The standard InChI is InChI=1S/C13H23N3O2/c1-6-18-13(17)12-11(7-9(2)3)16(15-14-12)8-10(4)5/h9-10H,6-8H2,1-5H3. The van der Waals surface area contributed by atoms with Crippen molar-refractivity contribution in [3.05, 3.63) is 11.4 Å². The van der Waals surface area contributed by atoms with Gasteiger partial charge in [-0.05, 0) is 25.2 Å². The minimum atomic E-state index is -0.372. The summed E-state index contributed by atoms with van der Waals surface area (Å²) in [6.45, 7) is 11.4. The zero-order chi connectivity index (χ0) is 13.7. The molecule has 0 spiro atoms. The molecule has 0 aromatic carbocycles. The molecule has 1 aromatic heterocycles. The van der Waals surface area contributed by atoms with E-state index in [1.54, 1.807) is 6.92 Å². The summed E-state index contributed by atoms with van der Waals surface area (Å²) in [5.74, 6) is 0.540. The van der Waals surface area contributed by atoms with E-state index in [9.17, 15) is 4.79 Å². The molecule has 0 aliphatic carbocycles. The number of hydrogen-bond donors (Lipinski definition) is 0. The molecular formula is C13H23N3O2. The van der Waals surface area contributed by atoms with Gasteiger partial charge in [0, 0.05) is 6.54 Å². The first-order chi connectivity index (χ1) is 8.45. The zero-order valence-electron chi connectivity index (χ0n) is 11.9. The maximum absolute atomic E-state index is 11.8. The lowest BCUT2D eigenvalue weighted by molar-refractivity contribution is 0.0517. The van der Waals surface area contributed by atoms with E-state index in [0.29, 0.717) is 24.1 Å². The Morgan fingerprint density at radius 1 is 1.28 bits per heavy atom. The number of ether oxygens (including phenoxy) is 1. The molecule has 0 bridgehead atoms. The summed E-state index contributed by atoms with van der Waals surface area (Å²) in [6, 6.07) is 0. The molecule has 0 saturated carbocycles. The first-order valence-electron chi connectivity index (χ1n) is 6.55. The molecule has 0 atom stereocenters. The van der Waals surface area contributed by atoms with Gasteiger partial charge in [0.2, 0.25) is 0 Å². The highest BCUT2D eigenvalue weighted by Crippen LogP contribution is 2.14. The van der Waals surface area contributed by atoms with Crippen LogP contribution in [0.25, 0.3) is 0 Å². The van der Waals surface area contributed by atoms with Crippen LogP contribution in [0.2, 0.25) is 0 Å². The summed E-state index contributed by atoms with van der Waals surface area (Å²) in [5.41, 5.74) is 1.25. The van der Waals surface area contributed by atoms with Crippen molar-refractivity contribution in [2.45, 2.75) is 47.6 Å². The second-order valence-electron chi connectivity index (χ2n) is 5.28. The molecule has 5 nitrogen and oxygen atoms in total. The van der Waals surface area contributed by atoms with Crippen LogP contribution in [0.5, 0.6) is 0 Å². The van der Waals surface area contributed by atoms with Gasteiger partial charge in [-0.1, -0.05) is 32.9 Å². The third kappa shape index (κ3) is 3.82. The molecule has 102 valence electrons. The largest absolute Gasteiger partial charge is 0.461 e. The second kappa shape index (κ2) is 6.52. The molecule has 0 amide bonds. The maximum atomic E-state index is 11.8. The minimum absolute atomic E-state index is 0.358. The predicted molar refractivity (Wildman–Crippen MR) is 69.4 cm³/mol. The third-order valence-electron chi connectivity index (χ3n) is 2.45. The molecule has 5 heteroatoms. The van der Waals surface area contributed by atoms with Gasteiger partial charge in [-0.25, -0.2) is 9.48 Å². The van der Waals surface area contributed by atoms with Gasteiger partial charge < -0.3 is 4.74 Å². The number of rotatable bonds is 6. The zero-order valence-corrected chi connectivity index (χ0v) is 11.9. The molecule has 0 aliphatic heterocycles. The highest BCUT2D eigenvalue weighted by molar-refractivity contribution is 5.88. The Balaban J connectivity index is 3.02. The topological polar surface area (TPSA) is 57.0 Å². The number of aromatic nitrogens is 3. The second-order valence-corrected chi connectivity index (χ2v) is 5.28. The molecule has 1 aromatic rings. The Bertz CT molecular complexity index is 397. The van der Waals surface area contributed by atoms with Crippen LogP contribution in [0.1, 0.15) is 50.8 Å². The summed E-state index contributed by atoms with van der Waals surface area (Å²) < 4.78 is 6.84. The number of carbonyl (C=O) groups is 1. The Kier molecular flexibility index (Phi) is 5.31. The first kappa shape index (κ1) is 14.7. The molecule has 0 saturated heterocycles. The van der Waals surface area contributed by atoms with Crippen molar-refractivity contribution in [2.24, 2.45) is 11.8 Å². The maximum Gasteiger partial charge on any atom is 0.360 e. The van der Waals surface area contributed by atoms with E-state index in [-0.39, 0.29) is 5.97 Å². The van der Waals surface area contributed by atoms with Crippen molar-refractivity contribution in [3.63, 3.8) is 0 Å². The number of hydrogen-bond acceptors (Lipinski definition) is 4. The van der Waals surface area contributed by atoms with Crippen LogP contribution in [0, 0.1) is 11.8 Å². The van der Waals surface area contributed by atoms with Gasteiger partial charge in [0.1, 0.15) is 0 Å². The molecule has 0 fully saturated rings. The van der Waals surface area contributed by atoms with Gasteiger partial charge >= 0.3 is 5.97 Å². The van der Waals surface area contributed by atoms with E-state index >= 15 is 0 Å². The van der Waals surface area contributed by atoms with E-state index in [1.807, 2.05) is 4.68 Å². The first-order valence-corrected chi connectivity index (χ1v) is 6.55. The van der Waals surface area contributed by atoms with Crippen molar-refractivity contribution >= 4 is 5.97 Å². The van der Waals surface area contributed by atoms with E-state index in [2.05, 4.69) is 38.0 Å². The van der Waals surface area contributed by atoms with Crippen molar-refractivity contribution in [1.29, 1.82) is 0 Å². The molecule has 18 heavy (non-hydrogen) atoms. The lowest BCUT2D eigenvalue weighted by Crippen LogP contribution is -2.15. The summed E-state index contributed by atoms with van der Waals surface area (Å²) in [6.07, 6.45) is 0.786. The van der Waals surface area contributed by atoms with E-state index in [4.69, 9.17) is 4.74 Å². The van der Waals surface area contributed by atoms with Crippen LogP contribution in [0.4, 0.5) is 0 Å². The van der Waals surface area contributed by atoms with Crippen LogP contribution in [-0.2, 0) is 17.7 Å². The Hall–Kier alpha value is -1.39. The van der Waals surface area contributed by atoms with Crippen LogP contribution in [0.15, 0.2) is 0 Å². The quantitative estimate of drug-likeness (QED) is 0.730. The molecule has 0 aliphatic rings. The van der Waals surface area contributed by atoms with Gasteiger partial charge in [-0.15, -0.1) is 5.10 Å². The summed E-state index contributed by atoms with van der Waals surface area (Å²) in [4.78, 5) is 11.8. The fraction of sp³-hybridized carbons (Fsp3) is 0.769. The van der Waals surface area contributed by atoms with E-state index in [0.717, 1.165) is 18.7 Å². The Morgan fingerprint density at radius 3 is 2.44 bits per heavy atom. The summed E-state index contributed by atoms with van der Waals surface area (Å²) in [5, 5.41) is 8.06. The molecule has 1 rings (SSSR count). The molecule has 1 heterocycles. The van der Waals surface area contributed by atoms with Gasteiger partial charge in [-0.3, -0.25) is 0 Å². The SMILES string of the molecule is CCOC(=O)c1nnn(CC(C)C)c1CC(C)C. The molecule has 0 unspecified atom stereocenters. The van der Waals surface area contributed by atoms with Gasteiger partial charge in [0.15, 0.2) is 5.69 Å². The van der Waals surface area contributed by atoms with Crippen molar-refractivity contribution in [2.75, 3.05) is 6.61 Å². The highest BCUT2D eigenvalue weighted by atomic mass is 16.5. The Labute approximate surface area is 109 Å². The lowest BCUT2D eigenvalue weighted by atomic mass is 10.1. The van der Waals surface area contributed by atoms with Crippen LogP contribution >= 0.6 is 0 Å². The Morgan fingerprint density at radius 2 is 1.94 bits per heavy atom. The fourth-order valence-corrected chi connectivity index (χ4v) is 1.77. The summed E-state index contributed by atoms with van der Waals surface area (Å²) in [7, 11) is 0. The number of esters is 1. The highest BCUT2D eigenvalue weighted by Gasteiger charge is 2.21. The fourth-order valence-electron chi connectivity index (χ4n) is 1.77. The van der Waals surface area contributed by atoms with Crippen LogP contribution in [-0.4, -0.2) is 27.6 Å². The lowest BCUT2D eigenvalue weighted by Gasteiger charge is -2.11. The third-order valence-corrected chi connectivity index (χ3v) is 2.45. The van der Waals surface area contributed by atoms with E-state index in [1.165, 1.54) is 0 Å². The van der Waals surface area contributed by atoms with Gasteiger partial charge in [0.05, 0.1) is 12.3 Å². The van der Waals surface area contributed by atoms with Crippen LogP contribution < -0.4 is 0 Å². The number of carbonyl (C=O) groups excluding carboxylic acids is 1. The average molecular weight is 253 g/mol. The van der Waals surface area contributed by atoms with Crippen LogP contribution in [0.3, 0.4) is 0 Å². The normalized spacial score (nSPS) is 11.3. The van der Waals surface area contributed by atoms with E-state index < -0.39 is 0 Å². The van der Waals surface area contributed by atoms with Crippen molar-refractivity contribution in [1.82, 2.24) is 15.0 Å². The average Bonchev–Trinajstić information content (AvgIpc) is 2.60. The smallest absolute Gasteiger partial charge is 0.360 e. The molecule has 0 radical (unpaired) electrons. The van der Waals surface area contributed by atoms with Gasteiger partial charge in [0.25, 0.3) is 0 Å².